The molecule has 0 unspecified atom stereocenters. The molecule has 0 aromatic carbocycles. The lowest BCUT2D eigenvalue weighted by molar-refractivity contribution is 0.174. The molecule has 0 bridgehead atoms. The summed E-state index contributed by atoms with van der Waals surface area (Å²) in [4.78, 5) is 11.5. The van der Waals surface area contributed by atoms with E-state index in [0.717, 1.165) is 42.8 Å². The number of rotatable bonds is 6. The Balaban J connectivity index is 1.94. The Bertz CT molecular complexity index is 587. The molecule has 3 nitrogen and oxygen atoms in total. The van der Waals surface area contributed by atoms with Crippen molar-refractivity contribution in [2.45, 2.75) is 64.9 Å². The Morgan fingerprint density at radius 2 is 2.00 bits per heavy atom. The minimum absolute atomic E-state index is 0.292. The molecule has 2 aromatic rings. The number of hydrogen-bond donors (Lipinski definition) is 0. The Labute approximate surface area is 124 Å². The molecule has 0 amide bonds. The van der Waals surface area contributed by atoms with E-state index in [1.807, 2.05) is 11.3 Å². The Morgan fingerprint density at radius 3 is 2.75 bits per heavy atom. The Hall–Kier alpha value is -1.16. The molecule has 0 radical (unpaired) electrons. The second-order valence-corrected chi connectivity index (χ2v) is 6.62. The molecule has 0 saturated heterocycles. The standard InChI is InChI=1S/C16H22N2OS/c1-3-6-11(7-4-2)19-15-14-12-8-5-9-13(12)20-16(14)18-10-17-15/h10-11H,3-9H2,1-2H3. The summed E-state index contributed by atoms with van der Waals surface area (Å²) in [6.45, 7) is 4.42. The van der Waals surface area contributed by atoms with Gasteiger partial charge in [-0.05, 0) is 37.7 Å². The van der Waals surface area contributed by atoms with Crippen molar-refractivity contribution in [1.29, 1.82) is 0 Å². The van der Waals surface area contributed by atoms with Crippen molar-refractivity contribution in [3.63, 3.8) is 0 Å². The molecule has 0 aliphatic heterocycles. The van der Waals surface area contributed by atoms with Crippen LogP contribution in [0.4, 0.5) is 0 Å². The highest BCUT2D eigenvalue weighted by Crippen LogP contribution is 2.40. The van der Waals surface area contributed by atoms with E-state index in [1.54, 1.807) is 6.33 Å². The summed E-state index contributed by atoms with van der Waals surface area (Å²) in [5.74, 6) is 0.821. The van der Waals surface area contributed by atoms with Gasteiger partial charge in [-0.3, -0.25) is 0 Å². The van der Waals surface area contributed by atoms with Gasteiger partial charge in [-0.2, -0.15) is 0 Å². The summed E-state index contributed by atoms with van der Waals surface area (Å²) in [5, 5.41) is 1.20. The van der Waals surface area contributed by atoms with Crippen LogP contribution in [0.5, 0.6) is 5.88 Å². The highest BCUT2D eigenvalue weighted by Gasteiger charge is 2.23. The smallest absolute Gasteiger partial charge is 0.225 e. The molecular weight excluding hydrogens is 268 g/mol. The first-order valence-corrected chi connectivity index (χ1v) is 8.57. The van der Waals surface area contributed by atoms with Crippen molar-refractivity contribution >= 4 is 21.6 Å². The monoisotopic (exact) mass is 290 g/mol. The largest absolute Gasteiger partial charge is 0.474 e. The second-order valence-electron chi connectivity index (χ2n) is 5.53. The topological polar surface area (TPSA) is 35.0 Å². The van der Waals surface area contributed by atoms with E-state index in [-0.39, 0.29) is 0 Å². The number of nitrogens with zero attached hydrogens (tertiary/aromatic N) is 2. The van der Waals surface area contributed by atoms with Crippen molar-refractivity contribution in [3.05, 3.63) is 16.8 Å². The molecule has 0 fully saturated rings. The van der Waals surface area contributed by atoms with Crippen LogP contribution < -0.4 is 4.74 Å². The van der Waals surface area contributed by atoms with Gasteiger partial charge < -0.3 is 4.74 Å². The molecule has 0 spiro atoms. The molecule has 0 saturated carbocycles. The van der Waals surface area contributed by atoms with E-state index >= 15 is 0 Å². The fourth-order valence-corrected chi connectivity index (χ4v) is 4.27. The van der Waals surface area contributed by atoms with Gasteiger partial charge in [0.1, 0.15) is 17.3 Å². The minimum Gasteiger partial charge on any atom is -0.474 e. The van der Waals surface area contributed by atoms with Gasteiger partial charge in [0.2, 0.25) is 5.88 Å². The molecule has 20 heavy (non-hydrogen) atoms. The van der Waals surface area contributed by atoms with Gasteiger partial charge in [0.05, 0.1) is 5.39 Å². The highest BCUT2D eigenvalue weighted by molar-refractivity contribution is 7.18. The van der Waals surface area contributed by atoms with Crippen LogP contribution in [0, 0.1) is 0 Å². The van der Waals surface area contributed by atoms with Crippen LogP contribution >= 0.6 is 11.3 Å². The number of ether oxygens (including phenoxy) is 1. The number of aryl methyl sites for hydroxylation is 2. The predicted molar refractivity (Wildman–Crippen MR) is 83.7 cm³/mol. The molecule has 0 N–H and O–H groups in total. The summed E-state index contributed by atoms with van der Waals surface area (Å²) in [7, 11) is 0. The molecule has 0 atom stereocenters. The molecule has 3 rings (SSSR count). The van der Waals surface area contributed by atoms with Gasteiger partial charge in [-0.15, -0.1) is 11.3 Å². The number of thiophene rings is 1. The van der Waals surface area contributed by atoms with Crippen LogP contribution in [0.1, 0.15) is 56.4 Å². The van der Waals surface area contributed by atoms with Crippen LogP contribution in [0.25, 0.3) is 10.2 Å². The lowest BCUT2D eigenvalue weighted by Gasteiger charge is -2.17. The van der Waals surface area contributed by atoms with E-state index in [2.05, 4.69) is 23.8 Å². The maximum atomic E-state index is 6.25. The van der Waals surface area contributed by atoms with Crippen LogP contribution in [0.15, 0.2) is 6.33 Å². The van der Waals surface area contributed by atoms with E-state index < -0.39 is 0 Å². The summed E-state index contributed by atoms with van der Waals surface area (Å²) < 4.78 is 6.25. The third-order valence-corrected chi connectivity index (χ3v) is 5.17. The average molecular weight is 290 g/mol. The maximum absolute atomic E-state index is 6.25. The van der Waals surface area contributed by atoms with Crippen molar-refractivity contribution in [3.8, 4) is 5.88 Å². The zero-order valence-electron chi connectivity index (χ0n) is 12.3. The first-order valence-electron chi connectivity index (χ1n) is 7.75. The molecule has 2 aromatic heterocycles. The zero-order chi connectivity index (χ0) is 13.9. The molecule has 1 aliphatic rings. The van der Waals surface area contributed by atoms with Crippen molar-refractivity contribution in [2.75, 3.05) is 0 Å². The van der Waals surface area contributed by atoms with Crippen LogP contribution in [-0.2, 0) is 12.8 Å². The van der Waals surface area contributed by atoms with Crippen molar-refractivity contribution < 1.29 is 4.74 Å². The number of hydrogen-bond acceptors (Lipinski definition) is 4. The minimum atomic E-state index is 0.292. The summed E-state index contributed by atoms with van der Waals surface area (Å²) in [6.07, 6.45) is 10.1. The van der Waals surface area contributed by atoms with Crippen molar-refractivity contribution in [2.24, 2.45) is 0 Å². The zero-order valence-corrected chi connectivity index (χ0v) is 13.1. The van der Waals surface area contributed by atoms with Gasteiger partial charge in [0.25, 0.3) is 0 Å². The maximum Gasteiger partial charge on any atom is 0.225 e. The third-order valence-electron chi connectivity index (χ3n) is 3.97. The number of aromatic nitrogens is 2. The lowest BCUT2D eigenvalue weighted by atomic mass is 10.1. The first kappa shape index (κ1) is 13.8. The summed E-state index contributed by atoms with van der Waals surface area (Å²) >= 11 is 1.82. The van der Waals surface area contributed by atoms with Gasteiger partial charge in [-0.1, -0.05) is 26.7 Å². The fraction of sp³-hybridized carbons (Fsp3) is 0.625. The normalized spacial score (nSPS) is 14.2. The molecular formula is C16H22N2OS. The SMILES string of the molecule is CCCC(CCC)Oc1ncnc2sc3c(c12)CCC3. The third kappa shape index (κ3) is 2.53. The quantitative estimate of drug-likeness (QED) is 0.784. The van der Waals surface area contributed by atoms with E-state index in [1.165, 1.54) is 28.7 Å². The molecule has 108 valence electrons. The second kappa shape index (κ2) is 6.08. The summed E-state index contributed by atoms with van der Waals surface area (Å²) in [6, 6.07) is 0. The van der Waals surface area contributed by atoms with Gasteiger partial charge in [-0.25, -0.2) is 9.97 Å². The molecule has 1 aliphatic carbocycles. The van der Waals surface area contributed by atoms with E-state index in [4.69, 9.17) is 4.74 Å². The predicted octanol–water partition coefficient (Wildman–Crippen LogP) is 4.53. The van der Waals surface area contributed by atoms with Gasteiger partial charge in [0.15, 0.2) is 0 Å². The molecule has 2 heterocycles. The van der Waals surface area contributed by atoms with Crippen LogP contribution in [0.2, 0.25) is 0 Å². The van der Waals surface area contributed by atoms with Gasteiger partial charge in [0, 0.05) is 4.88 Å². The first-order chi connectivity index (χ1) is 9.83. The average Bonchev–Trinajstić information content (AvgIpc) is 2.99. The lowest BCUT2D eigenvalue weighted by Crippen LogP contribution is -2.16. The van der Waals surface area contributed by atoms with Crippen molar-refractivity contribution in [1.82, 2.24) is 9.97 Å². The van der Waals surface area contributed by atoms with Crippen LogP contribution in [-0.4, -0.2) is 16.1 Å². The van der Waals surface area contributed by atoms with E-state index in [9.17, 15) is 0 Å². The Kier molecular flexibility index (Phi) is 4.20. The summed E-state index contributed by atoms with van der Waals surface area (Å²) in [5.41, 5.74) is 1.45. The highest BCUT2D eigenvalue weighted by atomic mass is 32.1. The van der Waals surface area contributed by atoms with Crippen LogP contribution in [0.3, 0.4) is 0 Å². The fourth-order valence-electron chi connectivity index (χ4n) is 3.05. The van der Waals surface area contributed by atoms with Gasteiger partial charge >= 0.3 is 0 Å². The Morgan fingerprint density at radius 1 is 1.20 bits per heavy atom. The number of fused-ring (bicyclic) bond motifs is 3. The molecule has 4 heteroatoms. The van der Waals surface area contributed by atoms with E-state index in [0.29, 0.717) is 6.10 Å².